The van der Waals surface area contributed by atoms with Crippen LogP contribution >= 0.6 is 0 Å². The lowest BCUT2D eigenvalue weighted by atomic mass is 9.93. The molecule has 150 valence electrons. The van der Waals surface area contributed by atoms with Crippen molar-refractivity contribution in [3.05, 3.63) is 29.6 Å². The lowest BCUT2D eigenvalue weighted by Crippen LogP contribution is -2.46. The van der Waals surface area contributed by atoms with Gasteiger partial charge in [-0.3, -0.25) is 9.78 Å². The Bertz CT molecular complexity index is 634. The Labute approximate surface area is 162 Å². The summed E-state index contributed by atoms with van der Waals surface area (Å²) < 4.78 is 12.1. The number of hydrogen-bond acceptors (Lipinski definition) is 5. The first-order chi connectivity index (χ1) is 12.9. The zero-order valence-electron chi connectivity index (χ0n) is 17.1. The molecule has 2 atom stereocenters. The van der Waals surface area contributed by atoms with Gasteiger partial charge in [-0.25, -0.2) is 0 Å². The van der Waals surface area contributed by atoms with E-state index < -0.39 is 0 Å². The van der Waals surface area contributed by atoms with E-state index in [1.54, 1.807) is 6.20 Å². The van der Waals surface area contributed by atoms with Crippen LogP contribution in [0.25, 0.3) is 0 Å². The minimum atomic E-state index is -0.383. The molecule has 1 aromatic rings. The van der Waals surface area contributed by atoms with E-state index in [-0.39, 0.29) is 11.5 Å². The van der Waals surface area contributed by atoms with Crippen molar-refractivity contribution in [3.8, 4) is 0 Å². The van der Waals surface area contributed by atoms with Crippen LogP contribution in [0.3, 0.4) is 0 Å². The van der Waals surface area contributed by atoms with Gasteiger partial charge < -0.3 is 19.3 Å². The monoisotopic (exact) mass is 375 g/mol. The van der Waals surface area contributed by atoms with Gasteiger partial charge in [-0.2, -0.15) is 0 Å². The molecule has 1 aromatic heterocycles. The molecule has 0 aromatic carbocycles. The number of aryl methyl sites for hydroxylation is 1. The zero-order valence-corrected chi connectivity index (χ0v) is 17.1. The predicted molar refractivity (Wildman–Crippen MR) is 105 cm³/mol. The average Bonchev–Trinajstić information content (AvgIpc) is 2.93. The zero-order chi connectivity index (χ0) is 19.4. The second-order valence-electron chi connectivity index (χ2n) is 8.27. The molecule has 6 nitrogen and oxygen atoms in total. The quantitative estimate of drug-likeness (QED) is 0.790. The fourth-order valence-electron chi connectivity index (χ4n) is 3.91. The summed E-state index contributed by atoms with van der Waals surface area (Å²) in [5.41, 5.74) is 1.25. The maximum absolute atomic E-state index is 13.0. The fraction of sp³-hybridized carbons (Fsp3) is 0.714. The number of carbonyl (C=O) groups excluding carboxylic acids is 1. The van der Waals surface area contributed by atoms with Crippen molar-refractivity contribution in [3.63, 3.8) is 0 Å². The van der Waals surface area contributed by atoms with E-state index in [4.69, 9.17) is 9.47 Å². The molecule has 0 radical (unpaired) electrons. The SMILES string of the molecule is CCc1ccc(C(=O)N2CCOCC3(CC(CN(C)C(C)C)CO3)C2)cn1. The Balaban J connectivity index is 1.67. The molecule has 0 N–H and O–H groups in total. The molecule has 6 heteroatoms. The van der Waals surface area contributed by atoms with E-state index in [9.17, 15) is 4.79 Å². The average molecular weight is 376 g/mol. The molecule has 0 aliphatic carbocycles. The molecule has 3 heterocycles. The maximum Gasteiger partial charge on any atom is 0.255 e. The summed E-state index contributed by atoms with van der Waals surface area (Å²) >= 11 is 0. The van der Waals surface area contributed by atoms with Crippen molar-refractivity contribution < 1.29 is 14.3 Å². The number of carbonyl (C=O) groups is 1. The topological polar surface area (TPSA) is 54.9 Å². The molecule has 2 unspecified atom stereocenters. The third-order valence-electron chi connectivity index (χ3n) is 5.78. The number of pyridine rings is 1. The highest BCUT2D eigenvalue weighted by Crippen LogP contribution is 2.33. The van der Waals surface area contributed by atoms with E-state index >= 15 is 0 Å². The van der Waals surface area contributed by atoms with Gasteiger partial charge in [-0.1, -0.05) is 6.92 Å². The molecule has 2 aliphatic heterocycles. The van der Waals surface area contributed by atoms with Crippen LogP contribution in [0.1, 0.15) is 43.2 Å². The molecule has 27 heavy (non-hydrogen) atoms. The molecule has 2 fully saturated rings. The van der Waals surface area contributed by atoms with E-state index in [0.717, 1.165) is 31.7 Å². The second kappa shape index (κ2) is 8.67. The summed E-state index contributed by atoms with van der Waals surface area (Å²) in [5.74, 6) is 0.489. The van der Waals surface area contributed by atoms with Crippen LogP contribution in [0.15, 0.2) is 18.3 Å². The van der Waals surface area contributed by atoms with Crippen LogP contribution in [0.2, 0.25) is 0 Å². The van der Waals surface area contributed by atoms with Gasteiger partial charge in [-0.05, 0) is 51.8 Å². The van der Waals surface area contributed by atoms with Crippen molar-refractivity contribution in [1.29, 1.82) is 0 Å². The summed E-state index contributed by atoms with van der Waals surface area (Å²) in [6.45, 7) is 10.5. The first kappa shape index (κ1) is 20.2. The van der Waals surface area contributed by atoms with Crippen LogP contribution in [0.5, 0.6) is 0 Å². The van der Waals surface area contributed by atoms with Gasteiger partial charge in [0.25, 0.3) is 5.91 Å². The standard InChI is InChI=1S/C21H33N3O3/c1-5-19-7-6-18(11-22-19)20(25)24-8-9-26-15-21(14-24)10-17(13-27-21)12-23(4)16(2)3/h6-7,11,16-17H,5,8-10,12-15H2,1-4H3. The highest BCUT2D eigenvalue weighted by Gasteiger charge is 2.44. The Hall–Kier alpha value is -1.50. The number of rotatable bonds is 5. The summed E-state index contributed by atoms with van der Waals surface area (Å²) in [4.78, 5) is 21.6. The molecular formula is C21H33N3O3. The van der Waals surface area contributed by atoms with Crippen molar-refractivity contribution in [2.75, 3.05) is 46.5 Å². The number of nitrogens with zero attached hydrogens (tertiary/aromatic N) is 3. The number of ether oxygens (including phenoxy) is 2. The van der Waals surface area contributed by atoms with Gasteiger partial charge in [0, 0.05) is 31.0 Å². The molecule has 2 aliphatic rings. The van der Waals surface area contributed by atoms with Crippen molar-refractivity contribution in [1.82, 2.24) is 14.8 Å². The highest BCUT2D eigenvalue weighted by atomic mass is 16.5. The minimum absolute atomic E-state index is 0.0152. The molecule has 2 saturated heterocycles. The summed E-state index contributed by atoms with van der Waals surface area (Å²) in [5, 5.41) is 0. The van der Waals surface area contributed by atoms with Crippen LogP contribution in [-0.2, 0) is 15.9 Å². The van der Waals surface area contributed by atoms with Crippen LogP contribution in [0.4, 0.5) is 0 Å². The van der Waals surface area contributed by atoms with E-state index in [0.29, 0.717) is 43.8 Å². The Morgan fingerprint density at radius 1 is 1.44 bits per heavy atom. The number of aromatic nitrogens is 1. The van der Waals surface area contributed by atoms with Gasteiger partial charge in [0.2, 0.25) is 0 Å². The molecule has 0 bridgehead atoms. The first-order valence-corrected chi connectivity index (χ1v) is 10.1. The molecule has 1 spiro atoms. The van der Waals surface area contributed by atoms with Crippen LogP contribution in [0, 0.1) is 5.92 Å². The second-order valence-corrected chi connectivity index (χ2v) is 8.27. The smallest absolute Gasteiger partial charge is 0.255 e. The Morgan fingerprint density at radius 2 is 2.26 bits per heavy atom. The maximum atomic E-state index is 13.0. The van der Waals surface area contributed by atoms with Gasteiger partial charge in [0.1, 0.15) is 5.60 Å². The van der Waals surface area contributed by atoms with Crippen molar-refractivity contribution >= 4 is 5.91 Å². The van der Waals surface area contributed by atoms with Crippen LogP contribution in [-0.4, -0.2) is 78.8 Å². The van der Waals surface area contributed by atoms with Gasteiger partial charge in [-0.15, -0.1) is 0 Å². The molecule has 0 saturated carbocycles. The Kier molecular flexibility index (Phi) is 6.50. The lowest BCUT2D eigenvalue weighted by Gasteiger charge is -2.31. The minimum Gasteiger partial charge on any atom is -0.377 e. The first-order valence-electron chi connectivity index (χ1n) is 10.1. The molecule has 1 amide bonds. The number of hydrogen-bond donors (Lipinski definition) is 0. The van der Waals surface area contributed by atoms with Gasteiger partial charge >= 0.3 is 0 Å². The largest absolute Gasteiger partial charge is 0.377 e. The summed E-state index contributed by atoms with van der Waals surface area (Å²) in [6.07, 6.45) is 3.49. The van der Waals surface area contributed by atoms with Crippen molar-refractivity contribution in [2.24, 2.45) is 5.92 Å². The third-order valence-corrected chi connectivity index (χ3v) is 5.78. The third kappa shape index (κ3) is 4.86. The van der Waals surface area contributed by atoms with E-state index in [1.807, 2.05) is 17.0 Å². The van der Waals surface area contributed by atoms with Crippen LogP contribution < -0.4 is 0 Å². The van der Waals surface area contributed by atoms with Gasteiger partial charge in [0.05, 0.1) is 31.9 Å². The number of amides is 1. The van der Waals surface area contributed by atoms with E-state index in [1.165, 1.54) is 0 Å². The summed E-state index contributed by atoms with van der Waals surface area (Å²) in [7, 11) is 2.15. The normalized spacial score (nSPS) is 26.1. The predicted octanol–water partition coefficient (Wildman–Crippen LogP) is 2.23. The fourth-order valence-corrected chi connectivity index (χ4v) is 3.91. The van der Waals surface area contributed by atoms with E-state index in [2.05, 4.69) is 37.7 Å². The highest BCUT2D eigenvalue weighted by molar-refractivity contribution is 5.94. The van der Waals surface area contributed by atoms with Gasteiger partial charge in [0.15, 0.2) is 0 Å². The molecule has 3 rings (SSSR count). The Morgan fingerprint density at radius 3 is 2.93 bits per heavy atom. The lowest BCUT2D eigenvalue weighted by molar-refractivity contribution is -0.0539. The summed E-state index contributed by atoms with van der Waals surface area (Å²) in [6, 6.07) is 4.33. The van der Waals surface area contributed by atoms with Crippen molar-refractivity contribution in [2.45, 2.75) is 45.3 Å². The molecular weight excluding hydrogens is 342 g/mol.